The summed E-state index contributed by atoms with van der Waals surface area (Å²) in [5.74, 6) is 0.189. The summed E-state index contributed by atoms with van der Waals surface area (Å²) >= 11 is 0. The summed E-state index contributed by atoms with van der Waals surface area (Å²) in [7, 11) is 0. The van der Waals surface area contributed by atoms with Gasteiger partial charge in [0.15, 0.2) is 0 Å². The molecule has 1 fully saturated rings. The molecule has 1 saturated heterocycles. The van der Waals surface area contributed by atoms with Gasteiger partial charge < -0.3 is 10.2 Å². The molecule has 0 atom stereocenters. The number of nitrogens with zero attached hydrogens (tertiary/aromatic N) is 2. The first-order valence-electron chi connectivity index (χ1n) is 9.92. The number of nitrogens with one attached hydrogen (secondary N) is 1. The molecule has 1 heterocycles. The Morgan fingerprint density at radius 3 is 2.36 bits per heavy atom. The molecule has 148 valence electrons. The van der Waals surface area contributed by atoms with E-state index in [1.54, 1.807) is 0 Å². The predicted molar refractivity (Wildman–Crippen MR) is 112 cm³/mol. The number of hydrogen-bond donors (Lipinski definition) is 1. The lowest BCUT2D eigenvalue weighted by atomic mass is 10.0. The fourth-order valence-electron chi connectivity index (χ4n) is 3.61. The summed E-state index contributed by atoms with van der Waals surface area (Å²) in [6.07, 6.45) is 1.32. The van der Waals surface area contributed by atoms with Gasteiger partial charge in [-0.3, -0.25) is 14.5 Å². The van der Waals surface area contributed by atoms with Crippen LogP contribution in [0, 0.1) is 13.8 Å². The third-order valence-electron chi connectivity index (χ3n) is 5.26. The lowest BCUT2D eigenvalue weighted by Gasteiger charge is -2.34. The van der Waals surface area contributed by atoms with Gasteiger partial charge >= 0.3 is 0 Å². The Labute approximate surface area is 167 Å². The van der Waals surface area contributed by atoms with E-state index >= 15 is 0 Å². The summed E-state index contributed by atoms with van der Waals surface area (Å²) in [4.78, 5) is 28.8. The SMILES string of the molecule is Cc1ccc(CCC(=O)N2CCN(CC(=O)Nc3ccccc3)CC2)c(C)c1. The average molecular weight is 380 g/mol. The summed E-state index contributed by atoms with van der Waals surface area (Å²) < 4.78 is 0. The van der Waals surface area contributed by atoms with Crippen LogP contribution < -0.4 is 5.32 Å². The number of rotatable bonds is 6. The number of carbonyl (C=O) groups excluding carboxylic acids is 2. The van der Waals surface area contributed by atoms with Crippen molar-refractivity contribution in [2.45, 2.75) is 26.7 Å². The molecule has 5 heteroatoms. The van der Waals surface area contributed by atoms with Crippen LogP contribution in [0.4, 0.5) is 5.69 Å². The fraction of sp³-hybridized carbons (Fsp3) is 0.391. The number of benzene rings is 2. The van der Waals surface area contributed by atoms with Crippen molar-refractivity contribution in [3.8, 4) is 0 Å². The van der Waals surface area contributed by atoms with E-state index in [-0.39, 0.29) is 11.8 Å². The van der Waals surface area contributed by atoms with E-state index in [1.165, 1.54) is 16.7 Å². The van der Waals surface area contributed by atoms with Gasteiger partial charge in [0.1, 0.15) is 0 Å². The van der Waals surface area contributed by atoms with Crippen molar-refractivity contribution in [2.24, 2.45) is 0 Å². The van der Waals surface area contributed by atoms with Crippen molar-refractivity contribution in [3.05, 3.63) is 65.2 Å². The van der Waals surface area contributed by atoms with E-state index in [9.17, 15) is 9.59 Å². The van der Waals surface area contributed by atoms with Crippen LogP contribution in [0.5, 0.6) is 0 Å². The molecule has 3 rings (SSSR count). The van der Waals surface area contributed by atoms with Gasteiger partial charge in [-0.1, -0.05) is 42.0 Å². The lowest BCUT2D eigenvalue weighted by Crippen LogP contribution is -2.50. The minimum absolute atomic E-state index is 0.0131. The van der Waals surface area contributed by atoms with Gasteiger partial charge in [-0.05, 0) is 43.5 Å². The molecule has 0 unspecified atom stereocenters. The summed E-state index contributed by atoms with van der Waals surface area (Å²) in [5.41, 5.74) is 4.56. The fourth-order valence-corrected chi connectivity index (χ4v) is 3.61. The molecule has 1 aliphatic rings. The first-order chi connectivity index (χ1) is 13.5. The van der Waals surface area contributed by atoms with Crippen molar-refractivity contribution in [1.29, 1.82) is 0 Å². The zero-order valence-electron chi connectivity index (χ0n) is 16.8. The van der Waals surface area contributed by atoms with E-state index in [1.807, 2.05) is 35.2 Å². The molecule has 0 bridgehead atoms. The van der Waals surface area contributed by atoms with Crippen molar-refractivity contribution in [1.82, 2.24) is 9.80 Å². The minimum Gasteiger partial charge on any atom is -0.340 e. The van der Waals surface area contributed by atoms with E-state index in [4.69, 9.17) is 0 Å². The van der Waals surface area contributed by atoms with Gasteiger partial charge in [0, 0.05) is 38.3 Å². The van der Waals surface area contributed by atoms with Crippen molar-refractivity contribution in [2.75, 3.05) is 38.0 Å². The van der Waals surface area contributed by atoms with Crippen molar-refractivity contribution < 1.29 is 9.59 Å². The predicted octanol–water partition coefficient (Wildman–Crippen LogP) is 3.02. The second-order valence-electron chi connectivity index (χ2n) is 7.50. The average Bonchev–Trinajstić information content (AvgIpc) is 2.68. The maximum atomic E-state index is 12.5. The Morgan fingerprint density at radius 1 is 0.964 bits per heavy atom. The number of carbonyl (C=O) groups is 2. The maximum Gasteiger partial charge on any atom is 0.238 e. The summed E-state index contributed by atoms with van der Waals surface area (Å²) in [6.45, 7) is 7.39. The first kappa shape index (κ1) is 20.1. The zero-order chi connectivity index (χ0) is 19.9. The van der Waals surface area contributed by atoms with E-state index < -0.39 is 0 Å². The Balaban J connectivity index is 1.40. The number of amides is 2. The van der Waals surface area contributed by atoms with Gasteiger partial charge in [0.25, 0.3) is 0 Å². The number of hydrogen-bond acceptors (Lipinski definition) is 3. The van der Waals surface area contributed by atoms with Gasteiger partial charge in [0.2, 0.25) is 11.8 Å². The molecule has 0 radical (unpaired) electrons. The number of anilines is 1. The maximum absolute atomic E-state index is 12.5. The normalized spacial score (nSPS) is 14.7. The number of para-hydroxylation sites is 1. The largest absolute Gasteiger partial charge is 0.340 e. The van der Waals surface area contributed by atoms with E-state index in [0.29, 0.717) is 26.1 Å². The van der Waals surface area contributed by atoms with Gasteiger partial charge in [-0.15, -0.1) is 0 Å². The molecule has 0 aromatic heterocycles. The smallest absolute Gasteiger partial charge is 0.238 e. The lowest BCUT2D eigenvalue weighted by molar-refractivity contribution is -0.133. The topological polar surface area (TPSA) is 52.7 Å². The van der Waals surface area contributed by atoms with Crippen molar-refractivity contribution in [3.63, 3.8) is 0 Å². The molecule has 1 aliphatic heterocycles. The molecule has 2 aromatic rings. The standard InChI is InChI=1S/C23H29N3O2/c1-18-8-9-20(19(2)16-18)10-11-23(28)26-14-12-25(13-15-26)17-22(27)24-21-6-4-3-5-7-21/h3-9,16H,10-15,17H2,1-2H3,(H,24,27). The number of aryl methyl sites for hydroxylation is 3. The zero-order valence-corrected chi connectivity index (χ0v) is 16.8. The van der Waals surface area contributed by atoms with Crippen LogP contribution in [0.3, 0.4) is 0 Å². The van der Waals surface area contributed by atoms with Gasteiger partial charge in [0.05, 0.1) is 6.54 Å². The van der Waals surface area contributed by atoms with E-state index in [0.717, 1.165) is 25.2 Å². The molecular weight excluding hydrogens is 350 g/mol. The molecule has 0 spiro atoms. The second-order valence-corrected chi connectivity index (χ2v) is 7.50. The molecule has 5 nitrogen and oxygen atoms in total. The van der Waals surface area contributed by atoms with Crippen LogP contribution in [-0.2, 0) is 16.0 Å². The molecule has 0 aliphatic carbocycles. The molecule has 2 aromatic carbocycles. The van der Waals surface area contributed by atoms with Gasteiger partial charge in [-0.2, -0.15) is 0 Å². The summed E-state index contributed by atoms with van der Waals surface area (Å²) in [6, 6.07) is 15.9. The van der Waals surface area contributed by atoms with Crippen LogP contribution in [0.25, 0.3) is 0 Å². The van der Waals surface area contributed by atoms with Crippen molar-refractivity contribution >= 4 is 17.5 Å². The Hall–Kier alpha value is -2.66. The molecule has 28 heavy (non-hydrogen) atoms. The highest BCUT2D eigenvalue weighted by Gasteiger charge is 2.22. The van der Waals surface area contributed by atoms with Crippen LogP contribution >= 0.6 is 0 Å². The summed E-state index contributed by atoms with van der Waals surface area (Å²) in [5, 5.41) is 2.91. The Bertz CT molecular complexity index is 812. The molecule has 0 saturated carbocycles. The van der Waals surface area contributed by atoms with E-state index in [2.05, 4.69) is 42.3 Å². The van der Waals surface area contributed by atoms with Crippen LogP contribution in [0.1, 0.15) is 23.1 Å². The second kappa shape index (κ2) is 9.51. The van der Waals surface area contributed by atoms with Crippen LogP contribution in [0.2, 0.25) is 0 Å². The highest BCUT2D eigenvalue weighted by Crippen LogP contribution is 2.14. The quantitative estimate of drug-likeness (QED) is 0.839. The number of piperazine rings is 1. The van der Waals surface area contributed by atoms with Crippen LogP contribution in [-0.4, -0.2) is 54.3 Å². The molecular formula is C23H29N3O2. The third-order valence-corrected chi connectivity index (χ3v) is 5.26. The van der Waals surface area contributed by atoms with Crippen LogP contribution in [0.15, 0.2) is 48.5 Å². The molecule has 1 N–H and O–H groups in total. The molecule has 2 amide bonds. The first-order valence-corrected chi connectivity index (χ1v) is 9.92. The highest BCUT2D eigenvalue weighted by atomic mass is 16.2. The minimum atomic E-state index is -0.0131. The Kier molecular flexibility index (Phi) is 6.82. The third kappa shape index (κ3) is 5.67. The monoisotopic (exact) mass is 379 g/mol. The highest BCUT2D eigenvalue weighted by molar-refractivity contribution is 5.92. The Morgan fingerprint density at radius 2 is 1.68 bits per heavy atom. The van der Waals surface area contributed by atoms with Gasteiger partial charge in [-0.25, -0.2) is 0 Å².